The van der Waals surface area contributed by atoms with E-state index < -0.39 is 0 Å². The molecule has 19 heavy (non-hydrogen) atoms. The van der Waals surface area contributed by atoms with Gasteiger partial charge < -0.3 is 15.3 Å². The quantitative estimate of drug-likeness (QED) is 0.877. The molecule has 0 aromatic heterocycles. The van der Waals surface area contributed by atoms with Gasteiger partial charge in [-0.3, -0.25) is 4.79 Å². The summed E-state index contributed by atoms with van der Waals surface area (Å²) in [6.07, 6.45) is 3.53. The summed E-state index contributed by atoms with van der Waals surface area (Å²) in [6, 6.07) is 8.01. The van der Waals surface area contributed by atoms with Crippen LogP contribution in [0.15, 0.2) is 24.3 Å². The molecule has 0 unspecified atom stereocenters. The van der Waals surface area contributed by atoms with Gasteiger partial charge in [0.1, 0.15) is 0 Å². The summed E-state index contributed by atoms with van der Waals surface area (Å²) in [7, 11) is 3.51. The molecule has 1 saturated carbocycles. The summed E-state index contributed by atoms with van der Waals surface area (Å²) >= 11 is 0. The molecule has 1 fully saturated rings. The molecule has 4 nitrogen and oxygen atoms in total. The predicted octanol–water partition coefficient (Wildman–Crippen LogP) is 2.10. The topological polar surface area (TPSA) is 52.6 Å². The zero-order valence-corrected chi connectivity index (χ0v) is 11.6. The van der Waals surface area contributed by atoms with E-state index in [9.17, 15) is 9.90 Å². The van der Waals surface area contributed by atoms with Crippen LogP contribution in [0.5, 0.6) is 0 Å². The smallest absolute Gasteiger partial charge is 0.253 e. The van der Waals surface area contributed by atoms with Gasteiger partial charge in [0, 0.05) is 31.4 Å². The summed E-state index contributed by atoms with van der Waals surface area (Å²) in [5, 5.41) is 12.9. The fourth-order valence-corrected chi connectivity index (χ4v) is 2.46. The van der Waals surface area contributed by atoms with Gasteiger partial charge in [-0.25, -0.2) is 0 Å². The Morgan fingerprint density at radius 2 is 1.95 bits per heavy atom. The van der Waals surface area contributed by atoms with Gasteiger partial charge in [0.2, 0.25) is 0 Å². The number of hydrogen-bond acceptors (Lipinski definition) is 3. The Labute approximate surface area is 114 Å². The number of aliphatic hydroxyl groups excluding tert-OH is 1. The third-order valence-electron chi connectivity index (χ3n) is 3.58. The molecule has 0 atom stereocenters. The van der Waals surface area contributed by atoms with Crippen LogP contribution in [0.2, 0.25) is 0 Å². The van der Waals surface area contributed by atoms with Crippen LogP contribution in [-0.2, 0) is 0 Å². The van der Waals surface area contributed by atoms with Crippen molar-refractivity contribution in [2.75, 3.05) is 19.4 Å². The van der Waals surface area contributed by atoms with E-state index in [1.54, 1.807) is 19.0 Å². The van der Waals surface area contributed by atoms with Gasteiger partial charge in [-0.2, -0.15) is 0 Å². The third-order valence-corrected chi connectivity index (χ3v) is 3.58. The second-order valence-electron chi connectivity index (χ2n) is 5.43. The number of nitrogens with zero attached hydrogens (tertiary/aromatic N) is 1. The molecule has 1 aromatic carbocycles. The monoisotopic (exact) mass is 262 g/mol. The Morgan fingerprint density at radius 1 is 1.26 bits per heavy atom. The Bertz CT molecular complexity index is 438. The average molecular weight is 262 g/mol. The molecule has 0 bridgehead atoms. The van der Waals surface area contributed by atoms with Crippen molar-refractivity contribution in [1.82, 2.24) is 4.90 Å². The first-order valence-corrected chi connectivity index (χ1v) is 6.82. The normalized spacial score (nSPS) is 22.9. The maximum absolute atomic E-state index is 11.9. The van der Waals surface area contributed by atoms with Crippen molar-refractivity contribution in [3.8, 4) is 0 Å². The molecule has 2 N–H and O–H groups in total. The second-order valence-corrected chi connectivity index (χ2v) is 5.43. The SMILES string of the molecule is CN(C)C(=O)c1cccc(NC2CCC(O)CC2)c1. The molecule has 0 radical (unpaired) electrons. The molecular weight excluding hydrogens is 240 g/mol. The van der Waals surface area contributed by atoms with Crippen LogP contribution in [0.4, 0.5) is 5.69 Å². The minimum atomic E-state index is -0.139. The van der Waals surface area contributed by atoms with Crippen molar-refractivity contribution in [2.24, 2.45) is 0 Å². The van der Waals surface area contributed by atoms with E-state index in [0.717, 1.165) is 31.4 Å². The number of rotatable bonds is 3. The van der Waals surface area contributed by atoms with Gasteiger partial charge in [0.25, 0.3) is 5.91 Å². The lowest BCUT2D eigenvalue weighted by molar-refractivity contribution is 0.0827. The van der Waals surface area contributed by atoms with E-state index in [0.29, 0.717) is 11.6 Å². The van der Waals surface area contributed by atoms with Crippen LogP contribution >= 0.6 is 0 Å². The van der Waals surface area contributed by atoms with E-state index in [-0.39, 0.29) is 12.0 Å². The Morgan fingerprint density at radius 3 is 2.58 bits per heavy atom. The summed E-state index contributed by atoms with van der Waals surface area (Å²) in [5.74, 6) is 0.0164. The summed E-state index contributed by atoms with van der Waals surface area (Å²) < 4.78 is 0. The van der Waals surface area contributed by atoms with Gasteiger partial charge in [0.15, 0.2) is 0 Å². The molecule has 2 rings (SSSR count). The lowest BCUT2D eigenvalue weighted by atomic mass is 9.93. The number of nitrogens with one attached hydrogen (secondary N) is 1. The van der Waals surface area contributed by atoms with E-state index >= 15 is 0 Å². The third kappa shape index (κ3) is 3.70. The number of hydrogen-bond donors (Lipinski definition) is 2. The van der Waals surface area contributed by atoms with E-state index in [2.05, 4.69) is 5.32 Å². The van der Waals surface area contributed by atoms with Crippen molar-refractivity contribution >= 4 is 11.6 Å². The first-order chi connectivity index (χ1) is 9.06. The number of anilines is 1. The van der Waals surface area contributed by atoms with Crippen molar-refractivity contribution < 1.29 is 9.90 Å². The fraction of sp³-hybridized carbons (Fsp3) is 0.533. The average Bonchev–Trinajstić information content (AvgIpc) is 2.41. The molecule has 0 spiro atoms. The largest absolute Gasteiger partial charge is 0.393 e. The van der Waals surface area contributed by atoms with Gasteiger partial charge in [0.05, 0.1) is 6.10 Å². The lowest BCUT2D eigenvalue weighted by Crippen LogP contribution is -2.28. The number of carbonyl (C=O) groups excluding carboxylic acids is 1. The standard InChI is InChI=1S/C15H22N2O2/c1-17(2)15(19)11-4-3-5-13(10-11)16-12-6-8-14(18)9-7-12/h3-5,10,12,14,16,18H,6-9H2,1-2H3. The first-order valence-electron chi connectivity index (χ1n) is 6.82. The van der Waals surface area contributed by atoms with E-state index in [1.807, 2.05) is 24.3 Å². The molecule has 1 amide bonds. The van der Waals surface area contributed by atoms with Crippen LogP contribution < -0.4 is 5.32 Å². The molecule has 0 saturated heterocycles. The van der Waals surface area contributed by atoms with Crippen LogP contribution in [0, 0.1) is 0 Å². The molecule has 0 aliphatic heterocycles. The predicted molar refractivity (Wildman–Crippen MR) is 76.3 cm³/mol. The molecule has 4 heteroatoms. The highest BCUT2D eigenvalue weighted by molar-refractivity contribution is 5.94. The van der Waals surface area contributed by atoms with Gasteiger partial charge in [-0.05, 0) is 43.9 Å². The van der Waals surface area contributed by atoms with Crippen LogP contribution in [0.3, 0.4) is 0 Å². The Hall–Kier alpha value is -1.55. The van der Waals surface area contributed by atoms with Crippen molar-refractivity contribution in [2.45, 2.75) is 37.8 Å². The Kier molecular flexibility index (Phi) is 4.43. The molecule has 1 aliphatic rings. The zero-order valence-electron chi connectivity index (χ0n) is 11.6. The molecule has 1 aromatic rings. The van der Waals surface area contributed by atoms with Gasteiger partial charge in [-0.1, -0.05) is 6.07 Å². The lowest BCUT2D eigenvalue weighted by Gasteiger charge is -2.27. The number of benzene rings is 1. The number of carbonyl (C=O) groups is 1. The molecule has 0 heterocycles. The number of amides is 1. The van der Waals surface area contributed by atoms with Crippen LogP contribution in [0.25, 0.3) is 0 Å². The fourth-order valence-electron chi connectivity index (χ4n) is 2.46. The zero-order chi connectivity index (χ0) is 13.8. The molecule has 104 valence electrons. The summed E-state index contributed by atoms with van der Waals surface area (Å²) in [6.45, 7) is 0. The van der Waals surface area contributed by atoms with E-state index in [4.69, 9.17) is 0 Å². The summed E-state index contributed by atoms with van der Waals surface area (Å²) in [5.41, 5.74) is 1.68. The summed E-state index contributed by atoms with van der Waals surface area (Å²) in [4.78, 5) is 13.5. The van der Waals surface area contributed by atoms with Crippen molar-refractivity contribution in [3.63, 3.8) is 0 Å². The van der Waals surface area contributed by atoms with E-state index in [1.165, 1.54) is 0 Å². The van der Waals surface area contributed by atoms with Crippen molar-refractivity contribution in [1.29, 1.82) is 0 Å². The maximum Gasteiger partial charge on any atom is 0.253 e. The second kappa shape index (κ2) is 6.06. The van der Waals surface area contributed by atoms with Crippen LogP contribution in [0.1, 0.15) is 36.0 Å². The minimum Gasteiger partial charge on any atom is -0.393 e. The molecule has 1 aliphatic carbocycles. The van der Waals surface area contributed by atoms with Gasteiger partial charge in [-0.15, -0.1) is 0 Å². The highest BCUT2D eigenvalue weighted by Gasteiger charge is 2.19. The molecular formula is C15H22N2O2. The number of aliphatic hydroxyl groups is 1. The van der Waals surface area contributed by atoms with Gasteiger partial charge >= 0.3 is 0 Å². The minimum absolute atomic E-state index is 0.0164. The Balaban J connectivity index is 2.01. The highest BCUT2D eigenvalue weighted by atomic mass is 16.3. The highest BCUT2D eigenvalue weighted by Crippen LogP contribution is 2.22. The van der Waals surface area contributed by atoms with Crippen LogP contribution in [-0.4, -0.2) is 42.2 Å². The van der Waals surface area contributed by atoms with Crippen molar-refractivity contribution in [3.05, 3.63) is 29.8 Å². The maximum atomic E-state index is 11.9. The first kappa shape index (κ1) is 13.9.